The van der Waals surface area contributed by atoms with Crippen molar-refractivity contribution in [1.29, 1.82) is 0 Å². The van der Waals surface area contributed by atoms with E-state index in [9.17, 15) is 4.79 Å². The van der Waals surface area contributed by atoms with E-state index in [-0.39, 0.29) is 5.91 Å². The fourth-order valence-electron chi connectivity index (χ4n) is 2.82. The highest BCUT2D eigenvalue weighted by atomic mass is 16.4. The molecule has 4 rings (SSSR count). The lowest BCUT2D eigenvalue weighted by Crippen LogP contribution is -2.27. The van der Waals surface area contributed by atoms with Crippen molar-refractivity contribution in [1.82, 2.24) is 25.1 Å². The highest BCUT2D eigenvalue weighted by Crippen LogP contribution is 2.34. The van der Waals surface area contributed by atoms with Crippen molar-refractivity contribution in [3.63, 3.8) is 0 Å². The normalized spacial score (nSPS) is 11.7. The zero-order valence-electron chi connectivity index (χ0n) is 16.1. The number of nitrogens with zero attached hydrogens (tertiary/aromatic N) is 4. The molecular weight excluding hydrogens is 356 g/mol. The third kappa shape index (κ3) is 3.24. The maximum Gasteiger partial charge on any atom is 0.250 e. The monoisotopic (exact) mass is 376 g/mol. The van der Waals surface area contributed by atoms with Gasteiger partial charge in [-0.2, -0.15) is 0 Å². The van der Waals surface area contributed by atoms with Crippen LogP contribution in [0.2, 0.25) is 0 Å². The lowest BCUT2D eigenvalue weighted by atomic mass is 9.95. The molecule has 4 aromatic rings. The topological polar surface area (TPSA) is 110 Å². The summed E-state index contributed by atoms with van der Waals surface area (Å²) in [6.07, 6.45) is 3.28. The average Bonchev–Trinajstić information content (AvgIpc) is 3.27. The zero-order chi connectivity index (χ0) is 19.9. The van der Waals surface area contributed by atoms with E-state index in [4.69, 9.17) is 4.42 Å². The highest BCUT2D eigenvalue weighted by molar-refractivity contribution is 6.02. The van der Waals surface area contributed by atoms with Gasteiger partial charge in [0.15, 0.2) is 0 Å². The predicted molar refractivity (Wildman–Crippen MR) is 105 cm³/mol. The van der Waals surface area contributed by atoms with E-state index in [0.29, 0.717) is 28.8 Å². The van der Waals surface area contributed by atoms with Crippen LogP contribution >= 0.6 is 0 Å². The molecular formula is C20H20N6O2. The Balaban J connectivity index is 1.81. The highest BCUT2D eigenvalue weighted by Gasteiger charge is 2.22. The van der Waals surface area contributed by atoms with Gasteiger partial charge in [0.05, 0.1) is 16.6 Å². The van der Waals surface area contributed by atoms with E-state index in [2.05, 4.69) is 30.5 Å². The molecule has 3 aromatic heterocycles. The quantitative estimate of drug-likeness (QED) is 0.560. The molecule has 8 heteroatoms. The van der Waals surface area contributed by atoms with Gasteiger partial charge in [0.25, 0.3) is 0 Å². The number of carbonyl (C=O) groups excluding carboxylic acids is 1. The predicted octanol–water partition coefficient (Wildman–Crippen LogP) is 3.97. The first-order valence-corrected chi connectivity index (χ1v) is 8.87. The molecule has 0 aliphatic rings. The maximum atomic E-state index is 12.3. The van der Waals surface area contributed by atoms with Crippen molar-refractivity contribution in [2.75, 3.05) is 5.32 Å². The minimum absolute atomic E-state index is 0.0545. The van der Waals surface area contributed by atoms with Gasteiger partial charge < -0.3 is 14.7 Å². The van der Waals surface area contributed by atoms with E-state index in [1.165, 1.54) is 6.33 Å². The third-order valence-electron chi connectivity index (χ3n) is 4.30. The second-order valence-electron chi connectivity index (χ2n) is 7.56. The molecule has 8 nitrogen and oxygen atoms in total. The summed E-state index contributed by atoms with van der Waals surface area (Å²) < 4.78 is 5.59. The summed E-state index contributed by atoms with van der Waals surface area (Å²) in [5.74, 6) is 0.827. The number of aryl methyl sites for hydroxylation is 1. The molecule has 0 fully saturated rings. The molecule has 0 aliphatic carbocycles. The standard InChI is InChI=1S/C20H20N6O2/c1-11-25-26-18(28-11)14-9-21-17-15(14)16(22-10-23-17)12-6-5-7-13(8-12)24-19(27)20(2,3)4/h5-10H,1-4H3,(H,24,27)(H,21,22,23). The first-order valence-electron chi connectivity index (χ1n) is 8.87. The van der Waals surface area contributed by atoms with Crippen LogP contribution in [0.5, 0.6) is 0 Å². The van der Waals surface area contributed by atoms with Gasteiger partial charge in [-0.15, -0.1) is 10.2 Å². The van der Waals surface area contributed by atoms with Crippen LogP contribution in [0.4, 0.5) is 5.69 Å². The molecule has 1 aromatic carbocycles. The maximum absolute atomic E-state index is 12.3. The lowest BCUT2D eigenvalue weighted by Gasteiger charge is -2.18. The number of hydrogen-bond donors (Lipinski definition) is 2. The van der Waals surface area contributed by atoms with Gasteiger partial charge in [-0.3, -0.25) is 4.79 Å². The summed E-state index contributed by atoms with van der Waals surface area (Å²) in [6.45, 7) is 7.36. The Morgan fingerprint density at radius 2 is 2.00 bits per heavy atom. The van der Waals surface area contributed by atoms with Crippen LogP contribution in [0.1, 0.15) is 26.7 Å². The van der Waals surface area contributed by atoms with Crippen molar-refractivity contribution < 1.29 is 9.21 Å². The van der Waals surface area contributed by atoms with Crippen molar-refractivity contribution in [2.45, 2.75) is 27.7 Å². The Morgan fingerprint density at radius 3 is 2.71 bits per heavy atom. The summed E-state index contributed by atoms with van der Waals surface area (Å²) in [7, 11) is 0. The largest absolute Gasteiger partial charge is 0.421 e. The number of rotatable bonds is 3. The molecule has 0 saturated heterocycles. The van der Waals surface area contributed by atoms with E-state index < -0.39 is 5.41 Å². The Hall–Kier alpha value is -3.55. The van der Waals surface area contributed by atoms with E-state index in [0.717, 1.165) is 16.5 Å². The smallest absolute Gasteiger partial charge is 0.250 e. The number of benzene rings is 1. The Morgan fingerprint density at radius 1 is 1.18 bits per heavy atom. The first-order chi connectivity index (χ1) is 13.3. The number of carbonyl (C=O) groups is 1. The SMILES string of the molecule is Cc1nnc(-c2c[nH]c3ncnc(-c4cccc(NC(=O)C(C)(C)C)c4)c23)o1. The number of anilines is 1. The van der Waals surface area contributed by atoms with E-state index in [1.807, 2.05) is 45.0 Å². The number of nitrogens with one attached hydrogen (secondary N) is 2. The molecule has 0 atom stereocenters. The molecule has 0 saturated carbocycles. The van der Waals surface area contributed by atoms with Crippen LogP contribution in [0, 0.1) is 12.3 Å². The summed E-state index contributed by atoms with van der Waals surface area (Å²) in [5, 5.41) is 11.7. The van der Waals surface area contributed by atoms with Gasteiger partial charge in [-0.05, 0) is 12.1 Å². The summed E-state index contributed by atoms with van der Waals surface area (Å²) >= 11 is 0. The molecule has 142 valence electrons. The number of H-pyrrole nitrogens is 1. The van der Waals surface area contributed by atoms with Gasteiger partial charge in [0, 0.05) is 29.8 Å². The van der Waals surface area contributed by atoms with Gasteiger partial charge >= 0.3 is 0 Å². The van der Waals surface area contributed by atoms with E-state index in [1.54, 1.807) is 13.1 Å². The van der Waals surface area contributed by atoms with Crippen molar-refractivity contribution in [2.24, 2.45) is 5.41 Å². The average molecular weight is 376 g/mol. The molecule has 3 heterocycles. The first kappa shape index (κ1) is 17.8. The van der Waals surface area contributed by atoms with Crippen molar-refractivity contribution >= 4 is 22.6 Å². The summed E-state index contributed by atoms with van der Waals surface area (Å²) in [4.78, 5) is 24.2. The van der Waals surface area contributed by atoms with Crippen LogP contribution in [0.25, 0.3) is 33.7 Å². The second kappa shape index (κ2) is 6.56. The third-order valence-corrected chi connectivity index (χ3v) is 4.30. The molecule has 0 aliphatic heterocycles. The zero-order valence-corrected chi connectivity index (χ0v) is 16.1. The minimum atomic E-state index is -0.484. The fraction of sp³-hybridized carbons (Fsp3) is 0.250. The lowest BCUT2D eigenvalue weighted by molar-refractivity contribution is -0.123. The number of hydrogen-bond acceptors (Lipinski definition) is 6. The summed E-state index contributed by atoms with van der Waals surface area (Å²) in [6, 6.07) is 7.56. The van der Waals surface area contributed by atoms with Crippen LogP contribution in [0.3, 0.4) is 0 Å². The van der Waals surface area contributed by atoms with Crippen LogP contribution in [0.15, 0.2) is 41.2 Å². The van der Waals surface area contributed by atoms with Gasteiger partial charge in [-0.25, -0.2) is 9.97 Å². The minimum Gasteiger partial charge on any atom is -0.421 e. The van der Waals surface area contributed by atoms with E-state index >= 15 is 0 Å². The second-order valence-corrected chi connectivity index (χ2v) is 7.56. The Labute approximate surface area is 161 Å². The number of aromatic amines is 1. The number of aromatic nitrogens is 5. The molecule has 1 amide bonds. The fourth-order valence-corrected chi connectivity index (χ4v) is 2.82. The van der Waals surface area contributed by atoms with Crippen LogP contribution < -0.4 is 5.32 Å². The van der Waals surface area contributed by atoms with Crippen LogP contribution in [-0.2, 0) is 4.79 Å². The molecule has 2 N–H and O–H groups in total. The van der Waals surface area contributed by atoms with Gasteiger partial charge in [0.2, 0.25) is 17.7 Å². The van der Waals surface area contributed by atoms with Crippen LogP contribution in [-0.4, -0.2) is 31.1 Å². The number of fused-ring (bicyclic) bond motifs is 1. The van der Waals surface area contributed by atoms with Crippen molar-refractivity contribution in [3.05, 3.63) is 42.7 Å². The Kier molecular flexibility index (Phi) is 4.18. The summed E-state index contributed by atoms with van der Waals surface area (Å²) in [5.41, 5.74) is 3.17. The molecule has 0 unspecified atom stereocenters. The van der Waals surface area contributed by atoms with Crippen molar-refractivity contribution in [3.8, 4) is 22.7 Å². The molecule has 0 radical (unpaired) electrons. The molecule has 28 heavy (non-hydrogen) atoms. The number of amides is 1. The Bertz CT molecular complexity index is 1170. The molecule has 0 bridgehead atoms. The molecule has 0 spiro atoms. The van der Waals surface area contributed by atoms with Gasteiger partial charge in [-0.1, -0.05) is 32.9 Å². The van der Waals surface area contributed by atoms with Gasteiger partial charge in [0.1, 0.15) is 12.0 Å².